The summed E-state index contributed by atoms with van der Waals surface area (Å²) in [5.41, 5.74) is 1.06. The van der Waals surface area contributed by atoms with Crippen molar-refractivity contribution in [2.45, 2.75) is 38.1 Å². The fourth-order valence-corrected chi connectivity index (χ4v) is 2.76. The molecule has 1 fully saturated rings. The van der Waals surface area contributed by atoms with Gasteiger partial charge < -0.3 is 15.2 Å². The van der Waals surface area contributed by atoms with Crippen LogP contribution in [0.5, 0.6) is 5.75 Å². The molecule has 0 bridgehead atoms. The number of carbonyl (C=O) groups excluding carboxylic acids is 1. The Hall–Kier alpha value is -2.04. The fourth-order valence-electron chi connectivity index (χ4n) is 2.76. The van der Waals surface area contributed by atoms with Gasteiger partial charge in [0.15, 0.2) is 0 Å². The molecule has 0 spiro atoms. The van der Waals surface area contributed by atoms with Gasteiger partial charge in [0.2, 0.25) is 5.91 Å². The summed E-state index contributed by atoms with van der Waals surface area (Å²) in [4.78, 5) is 23.0. The maximum absolute atomic E-state index is 11.9. The molecule has 0 aromatic heterocycles. The first-order chi connectivity index (χ1) is 10.1. The van der Waals surface area contributed by atoms with Crippen LogP contribution in [0.4, 0.5) is 0 Å². The fraction of sp³-hybridized carbons (Fsp3) is 0.500. The van der Waals surface area contributed by atoms with Crippen LogP contribution in [0.1, 0.15) is 31.2 Å². The maximum atomic E-state index is 11.9. The predicted molar refractivity (Wildman–Crippen MR) is 78.2 cm³/mol. The van der Waals surface area contributed by atoms with Crippen LogP contribution in [0, 0.1) is 5.92 Å². The van der Waals surface area contributed by atoms with Gasteiger partial charge in [0, 0.05) is 12.5 Å². The minimum Gasteiger partial charge on any atom is -0.497 e. The number of carboxylic acids is 1. The largest absolute Gasteiger partial charge is 0.497 e. The Morgan fingerprint density at radius 1 is 1.29 bits per heavy atom. The van der Waals surface area contributed by atoms with Gasteiger partial charge in [-0.25, -0.2) is 0 Å². The van der Waals surface area contributed by atoms with E-state index in [2.05, 4.69) is 5.32 Å². The molecule has 114 valence electrons. The lowest BCUT2D eigenvalue weighted by atomic mass is 10.0. The summed E-state index contributed by atoms with van der Waals surface area (Å²) in [6.45, 7) is 0. The molecule has 1 aromatic rings. The molecule has 1 aliphatic rings. The van der Waals surface area contributed by atoms with Gasteiger partial charge in [-0.15, -0.1) is 0 Å². The number of aliphatic carboxylic acids is 1. The Bertz CT molecular complexity index is 498. The molecule has 0 saturated heterocycles. The van der Waals surface area contributed by atoms with Crippen LogP contribution in [0.3, 0.4) is 0 Å². The van der Waals surface area contributed by atoms with Gasteiger partial charge in [-0.05, 0) is 37.0 Å². The van der Waals surface area contributed by atoms with Gasteiger partial charge in [-0.2, -0.15) is 0 Å². The Morgan fingerprint density at radius 2 is 2.00 bits per heavy atom. The monoisotopic (exact) mass is 291 g/mol. The number of amides is 1. The zero-order valence-electron chi connectivity index (χ0n) is 12.2. The standard InChI is InChI=1S/C16H21NO4/c1-21-12-8-5-11(6-9-12)7-10-15(18)17-14-4-2-3-13(14)16(19)20/h5-6,8-9,13-14H,2-4,7,10H2,1H3,(H,17,18)(H,19,20). The lowest BCUT2D eigenvalue weighted by molar-refractivity contribution is -0.142. The summed E-state index contributed by atoms with van der Waals surface area (Å²) in [6, 6.07) is 7.38. The molecular weight excluding hydrogens is 270 g/mol. The second-order valence-electron chi connectivity index (χ2n) is 5.40. The van der Waals surface area contributed by atoms with Crippen LogP contribution in [-0.4, -0.2) is 30.1 Å². The summed E-state index contributed by atoms with van der Waals surface area (Å²) < 4.78 is 5.08. The third-order valence-corrected chi connectivity index (χ3v) is 3.98. The highest BCUT2D eigenvalue weighted by molar-refractivity contribution is 5.78. The number of methoxy groups -OCH3 is 1. The van der Waals surface area contributed by atoms with E-state index in [0.717, 1.165) is 24.2 Å². The van der Waals surface area contributed by atoms with Crippen molar-refractivity contribution in [2.75, 3.05) is 7.11 Å². The molecule has 21 heavy (non-hydrogen) atoms. The Morgan fingerprint density at radius 3 is 2.62 bits per heavy atom. The Kier molecular flexibility index (Phi) is 5.20. The van der Waals surface area contributed by atoms with Crippen LogP contribution in [-0.2, 0) is 16.0 Å². The minimum atomic E-state index is -0.812. The Balaban J connectivity index is 1.80. The highest BCUT2D eigenvalue weighted by Gasteiger charge is 2.33. The summed E-state index contributed by atoms with van der Waals surface area (Å²) in [5, 5.41) is 11.9. The van der Waals surface area contributed by atoms with Crippen LogP contribution >= 0.6 is 0 Å². The van der Waals surface area contributed by atoms with Gasteiger partial charge in [-0.3, -0.25) is 9.59 Å². The van der Waals surface area contributed by atoms with Crippen molar-refractivity contribution < 1.29 is 19.4 Å². The molecule has 1 amide bonds. The average molecular weight is 291 g/mol. The van der Waals surface area contributed by atoms with Gasteiger partial charge in [0.25, 0.3) is 0 Å². The van der Waals surface area contributed by atoms with Gasteiger partial charge in [0.05, 0.1) is 13.0 Å². The SMILES string of the molecule is COc1ccc(CCC(=O)NC2CCCC2C(=O)O)cc1. The number of hydrogen-bond acceptors (Lipinski definition) is 3. The molecule has 5 nitrogen and oxygen atoms in total. The van der Waals surface area contributed by atoms with Crippen molar-refractivity contribution >= 4 is 11.9 Å². The minimum absolute atomic E-state index is 0.0797. The second-order valence-corrected chi connectivity index (χ2v) is 5.40. The highest BCUT2D eigenvalue weighted by Crippen LogP contribution is 2.25. The number of benzene rings is 1. The van der Waals surface area contributed by atoms with Crippen molar-refractivity contribution in [1.29, 1.82) is 0 Å². The van der Waals surface area contributed by atoms with Crippen LogP contribution in [0.15, 0.2) is 24.3 Å². The smallest absolute Gasteiger partial charge is 0.308 e. The van der Waals surface area contributed by atoms with E-state index in [1.807, 2.05) is 24.3 Å². The van der Waals surface area contributed by atoms with Gasteiger partial charge in [-0.1, -0.05) is 18.6 Å². The van der Waals surface area contributed by atoms with Crippen LogP contribution in [0.25, 0.3) is 0 Å². The van der Waals surface area contributed by atoms with Crippen LogP contribution < -0.4 is 10.1 Å². The molecule has 0 radical (unpaired) electrons. The Labute approximate surface area is 124 Å². The van der Waals surface area contributed by atoms with Crippen LogP contribution in [0.2, 0.25) is 0 Å². The summed E-state index contributed by atoms with van der Waals surface area (Å²) in [6.07, 6.45) is 3.28. The molecule has 5 heteroatoms. The predicted octanol–water partition coefficient (Wildman–Crippen LogP) is 2.00. The molecule has 2 atom stereocenters. The quantitative estimate of drug-likeness (QED) is 0.840. The molecule has 1 saturated carbocycles. The molecular formula is C16H21NO4. The number of carbonyl (C=O) groups is 2. The number of carboxylic acid groups (broad SMARTS) is 1. The number of rotatable bonds is 6. The highest BCUT2D eigenvalue weighted by atomic mass is 16.5. The zero-order valence-corrected chi connectivity index (χ0v) is 12.2. The van der Waals surface area contributed by atoms with E-state index in [4.69, 9.17) is 9.84 Å². The van der Waals surface area contributed by atoms with Crippen molar-refractivity contribution in [2.24, 2.45) is 5.92 Å². The van der Waals surface area contributed by atoms with Gasteiger partial charge in [0.1, 0.15) is 5.75 Å². The molecule has 1 aromatic carbocycles. The number of ether oxygens (including phenoxy) is 1. The first kappa shape index (κ1) is 15.4. The normalized spacial score (nSPS) is 21.0. The summed E-state index contributed by atoms with van der Waals surface area (Å²) in [7, 11) is 1.61. The van der Waals surface area contributed by atoms with E-state index in [1.165, 1.54) is 0 Å². The van der Waals surface area contributed by atoms with E-state index in [-0.39, 0.29) is 11.9 Å². The summed E-state index contributed by atoms with van der Waals surface area (Å²) in [5.74, 6) is -0.537. The van der Waals surface area contributed by atoms with Crippen molar-refractivity contribution in [3.05, 3.63) is 29.8 Å². The van der Waals surface area contributed by atoms with E-state index in [0.29, 0.717) is 19.3 Å². The number of aryl methyl sites for hydroxylation is 1. The van der Waals surface area contributed by atoms with Gasteiger partial charge >= 0.3 is 5.97 Å². The van der Waals surface area contributed by atoms with E-state index in [9.17, 15) is 9.59 Å². The molecule has 2 rings (SSSR count). The van der Waals surface area contributed by atoms with E-state index >= 15 is 0 Å². The van der Waals surface area contributed by atoms with Crippen molar-refractivity contribution in [3.8, 4) is 5.75 Å². The molecule has 1 aliphatic carbocycles. The molecule has 0 aliphatic heterocycles. The molecule has 2 N–H and O–H groups in total. The first-order valence-corrected chi connectivity index (χ1v) is 7.25. The maximum Gasteiger partial charge on any atom is 0.308 e. The summed E-state index contributed by atoms with van der Waals surface area (Å²) >= 11 is 0. The number of hydrogen-bond donors (Lipinski definition) is 2. The van der Waals surface area contributed by atoms with Crippen molar-refractivity contribution in [1.82, 2.24) is 5.32 Å². The lowest BCUT2D eigenvalue weighted by Crippen LogP contribution is -2.40. The molecule has 0 heterocycles. The topological polar surface area (TPSA) is 75.6 Å². The third-order valence-electron chi connectivity index (χ3n) is 3.98. The van der Waals surface area contributed by atoms with Crippen molar-refractivity contribution in [3.63, 3.8) is 0 Å². The lowest BCUT2D eigenvalue weighted by Gasteiger charge is -2.17. The first-order valence-electron chi connectivity index (χ1n) is 7.25. The van der Waals surface area contributed by atoms with E-state index < -0.39 is 11.9 Å². The third kappa shape index (κ3) is 4.21. The molecule has 2 unspecified atom stereocenters. The average Bonchev–Trinajstić information content (AvgIpc) is 2.94. The number of nitrogens with one attached hydrogen (secondary N) is 1. The second kappa shape index (κ2) is 7.11. The van der Waals surface area contributed by atoms with E-state index in [1.54, 1.807) is 7.11 Å². The zero-order chi connectivity index (χ0) is 15.2.